The molecule has 1 amide bonds. The Morgan fingerprint density at radius 2 is 2.04 bits per heavy atom. The van der Waals surface area contributed by atoms with E-state index >= 15 is 0 Å². The smallest absolute Gasteiger partial charge is 0.227 e. The van der Waals surface area contributed by atoms with E-state index in [-0.39, 0.29) is 23.8 Å². The number of amides is 1. The fraction of sp³-hybridized carbons (Fsp3) is 0.650. The number of hydrogen-bond acceptors (Lipinski definition) is 5. The van der Waals surface area contributed by atoms with Crippen LogP contribution in [0.15, 0.2) is 24.3 Å². The summed E-state index contributed by atoms with van der Waals surface area (Å²) in [6.07, 6.45) is 2.07. The van der Waals surface area contributed by atoms with E-state index in [1.54, 1.807) is 7.11 Å². The van der Waals surface area contributed by atoms with Gasteiger partial charge in [0.15, 0.2) is 0 Å². The molecule has 2 N–H and O–H groups in total. The van der Waals surface area contributed by atoms with E-state index in [9.17, 15) is 9.18 Å². The molecule has 1 aromatic carbocycles. The van der Waals surface area contributed by atoms with Crippen molar-refractivity contribution in [1.29, 1.82) is 0 Å². The topological polar surface area (TPSA) is 56.8 Å². The van der Waals surface area contributed by atoms with Crippen LogP contribution in [0.25, 0.3) is 0 Å². The van der Waals surface area contributed by atoms with E-state index in [1.807, 2.05) is 17.0 Å². The summed E-state index contributed by atoms with van der Waals surface area (Å²) in [5.41, 5.74) is 7.70. The number of hydrogen-bond donors (Lipinski definition) is 2. The van der Waals surface area contributed by atoms with Gasteiger partial charge in [-0.3, -0.25) is 10.2 Å². The molecule has 4 heterocycles. The third-order valence-corrected chi connectivity index (χ3v) is 6.22. The predicted molar refractivity (Wildman–Crippen MR) is 100 cm³/mol. The molecule has 148 valence electrons. The first kappa shape index (κ1) is 18.8. The maximum absolute atomic E-state index is 13.3. The molecule has 4 fully saturated rings. The highest BCUT2D eigenvalue weighted by Gasteiger charge is 2.41. The average Bonchev–Trinajstić information content (AvgIpc) is 2.96. The van der Waals surface area contributed by atoms with Crippen molar-refractivity contribution in [3.05, 3.63) is 35.6 Å². The van der Waals surface area contributed by atoms with Crippen LogP contribution < -0.4 is 10.9 Å². The van der Waals surface area contributed by atoms with Crippen molar-refractivity contribution < 1.29 is 13.9 Å². The second-order valence-corrected chi connectivity index (χ2v) is 7.99. The van der Waals surface area contributed by atoms with Crippen LogP contribution in [0.4, 0.5) is 4.39 Å². The molecule has 1 aromatic rings. The molecule has 0 spiro atoms. The number of fused-ring (bicyclic) bond motifs is 4. The van der Waals surface area contributed by atoms with Crippen molar-refractivity contribution in [1.82, 2.24) is 20.7 Å². The Hall–Kier alpha value is -1.54. The number of carbonyl (C=O) groups is 1. The van der Waals surface area contributed by atoms with Gasteiger partial charge in [-0.1, -0.05) is 12.1 Å². The standard InChI is InChI=1S/C20H29FN4O2/c1-27-9-8-25-18-7-4-15(20(25)26)11-24(13-18)12-16-10-22-23-19(16)14-2-5-17(21)6-3-14/h2-3,5-6,15-16,18-19,22-23H,4,7-13H2,1H3/t15-,16?,18+,19?/m1/s1. The Bertz CT molecular complexity index is 656. The van der Waals surface area contributed by atoms with Crippen LogP contribution in [-0.4, -0.2) is 68.2 Å². The predicted octanol–water partition coefficient (Wildman–Crippen LogP) is 1.16. The second-order valence-electron chi connectivity index (χ2n) is 7.99. The van der Waals surface area contributed by atoms with Crippen molar-refractivity contribution in [2.45, 2.75) is 24.9 Å². The number of nitrogens with one attached hydrogen (secondary N) is 2. The summed E-state index contributed by atoms with van der Waals surface area (Å²) in [7, 11) is 1.68. The Kier molecular flexibility index (Phi) is 5.73. The molecule has 2 unspecified atom stereocenters. The summed E-state index contributed by atoms with van der Waals surface area (Å²) < 4.78 is 18.5. The van der Waals surface area contributed by atoms with Crippen LogP contribution in [0, 0.1) is 17.7 Å². The van der Waals surface area contributed by atoms with Gasteiger partial charge in [-0.15, -0.1) is 0 Å². The molecule has 5 rings (SSSR count). The second kappa shape index (κ2) is 8.22. The first-order valence-electron chi connectivity index (χ1n) is 9.91. The van der Waals surface area contributed by atoms with Crippen molar-refractivity contribution in [2.75, 3.05) is 46.4 Å². The molecule has 27 heavy (non-hydrogen) atoms. The van der Waals surface area contributed by atoms with E-state index in [4.69, 9.17) is 4.74 Å². The van der Waals surface area contributed by atoms with Gasteiger partial charge in [-0.25, -0.2) is 9.82 Å². The lowest BCUT2D eigenvalue weighted by Crippen LogP contribution is -2.49. The van der Waals surface area contributed by atoms with Crippen molar-refractivity contribution in [3.8, 4) is 0 Å². The highest BCUT2D eigenvalue weighted by Crippen LogP contribution is 2.31. The van der Waals surface area contributed by atoms with Gasteiger partial charge in [0.25, 0.3) is 0 Å². The lowest BCUT2D eigenvalue weighted by Gasteiger charge is -2.36. The zero-order valence-corrected chi connectivity index (χ0v) is 15.9. The number of halogens is 1. The zero-order chi connectivity index (χ0) is 18.8. The lowest BCUT2D eigenvalue weighted by molar-refractivity contribution is -0.140. The number of nitrogens with zero attached hydrogens (tertiary/aromatic N) is 2. The molecule has 0 radical (unpaired) electrons. The van der Waals surface area contributed by atoms with Crippen molar-refractivity contribution >= 4 is 5.91 Å². The van der Waals surface area contributed by atoms with Crippen LogP contribution in [0.1, 0.15) is 24.4 Å². The van der Waals surface area contributed by atoms with Gasteiger partial charge in [-0.2, -0.15) is 0 Å². The van der Waals surface area contributed by atoms with Gasteiger partial charge in [0.05, 0.1) is 18.6 Å². The quantitative estimate of drug-likeness (QED) is 0.780. The normalized spacial score (nSPS) is 31.5. The molecule has 4 saturated heterocycles. The maximum atomic E-state index is 13.3. The first-order valence-corrected chi connectivity index (χ1v) is 9.91. The molecule has 4 aliphatic rings. The van der Waals surface area contributed by atoms with Crippen LogP contribution >= 0.6 is 0 Å². The first-order chi connectivity index (χ1) is 13.2. The average molecular weight is 376 g/mol. The lowest BCUT2D eigenvalue weighted by atomic mass is 9.93. The molecule has 7 heteroatoms. The van der Waals surface area contributed by atoms with E-state index < -0.39 is 0 Å². The summed E-state index contributed by atoms with van der Waals surface area (Å²) in [5, 5.41) is 0. The van der Waals surface area contributed by atoms with E-state index in [2.05, 4.69) is 15.8 Å². The molecular weight excluding hydrogens is 347 g/mol. The van der Waals surface area contributed by atoms with Crippen LogP contribution in [0.2, 0.25) is 0 Å². The van der Waals surface area contributed by atoms with E-state index in [1.165, 1.54) is 12.1 Å². The van der Waals surface area contributed by atoms with E-state index in [0.29, 0.717) is 25.0 Å². The third-order valence-electron chi connectivity index (χ3n) is 6.22. The fourth-order valence-corrected chi connectivity index (χ4v) is 4.83. The molecule has 0 aliphatic carbocycles. The Balaban J connectivity index is 1.43. The number of ether oxygens (including phenoxy) is 1. The minimum atomic E-state index is -0.208. The minimum absolute atomic E-state index is 0.104. The largest absolute Gasteiger partial charge is 0.383 e. The van der Waals surface area contributed by atoms with Gasteiger partial charge in [0.1, 0.15) is 5.82 Å². The summed E-state index contributed by atoms with van der Waals surface area (Å²) in [5.74, 6) is 0.575. The third kappa shape index (κ3) is 4.01. The van der Waals surface area contributed by atoms with Gasteiger partial charge in [0.2, 0.25) is 5.91 Å². The highest BCUT2D eigenvalue weighted by molar-refractivity contribution is 5.80. The molecule has 2 bridgehead atoms. The monoisotopic (exact) mass is 376 g/mol. The molecule has 0 saturated carbocycles. The van der Waals surface area contributed by atoms with Crippen molar-refractivity contribution in [2.24, 2.45) is 11.8 Å². The number of methoxy groups -OCH3 is 1. The van der Waals surface area contributed by atoms with Crippen molar-refractivity contribution in [3.63, 3.8) is 0 Å². The van der Waals surface area contributed by atoms with E-state index in [0.717, 1.165) is 44.6 Å². The van der Waals surface area contributed by atoms with Crippen LogP contribution in [-0.2, 0) is 9.53 Å². The Labute approximate surface area is 160 Å². The summed E-state index contributed by atoms with van der Waals surface area (Å²) in [6, 6.07) is 7.20. The molecule has 4 aliphatic heterocycles. The van der Waals surface area contributed by atoms with Crippen LogP contribution in [0.5, 0.6) is 0 Å². The fourth-order valence-electron chi connectivity index (χ4n) is 4.83. The highest BCUT2D eigenvalue weighted by atomic mass is 19.1. The van der Waals surface area contributed by atoms with Gasteiger partial charge in [-0.05, 0) is 30.5 Å². The number of benzene rings is 1. The number of piperidine rings is 1. The number of hydrazine groups is 1. The molecule has 0 aromatic heterocycles. The van der Waals surface area contributed by atoms with Gasteiger partial charge < -0.3 is 14.5 Å². The Morgan fingerprint density at radius 1 is 1.22 bits per heavy atom. The summed E-state index contributed by atoms with van der Waals surface area (Å²) in [6.45, 7) is 4.85. The van der Waals surface area contributed by atoms with Gasteiger partial charge >= 0.3 is 0 Å². The minimum Gasteiger partial charge on any atom is -0.383 e. The number of rotatable bonds is 6. The Morgan fingerprint density at radius 3 is 2.81 bits per heavy atom. The SMILES string of the molecule is COCCN1C(=O)[C@@H]2CC[C@H]1CN(CC1CNNC1c1ccc(F)cc1)C2. The molecule has 4 atom stereocenters. The summed E-state index contributed by atoms with van der Waals surface area (Å²) in [4.78, 5) is 17.3. The zero-order valence-electron chi connectivity index (χ0n) is 15.9. The van der Waals surface area contributed by atoms with Gasteiger partial charge in [0, 0.05) is 51.8 Å². The van der Waals surface area contributed by atoms with Crippen LogP contribution in [0.3, 0.4) is 0 Å². The molecule has 6 nitrogen and oxygen atoms in total. The number of carbonyl (C=O) groups excluding carboxylic acids is 1. The summed E-state index contributed by atoms with van der Waals surface area (Å²) >= 11 is 0. The molecular formula is C20H29FN4O2. The maximum Gasteiger partial charge on any atom is 0.227 e.